The molecule has 148 valence electrons. The Morgan fingerprint density at radius 2 is 1.97 bits per heavy atom. The summed E-state index contributed by atoms with van der Waals surface area (Å²) in [5.74, 6) is 1.04. The molecule has 3 aromatic rings. The molecule has 1 atom stereocenters. The maximum absolute atomic E-state index is 13.1. The van der Waals surface area contributed by atoms with Crippen molar-refractivity contribution >= 4 is 39.2 Å². The second-order valence-electron chi connectivity index (χ2n) is 6.51. The third-order valence-corrected chi connectivity index (χ3v) is 5.88. The standard InChI is InChI=1S/C21H19BrN4O2S/c1-2-3-12-29-21-24-19-17(25-26-21)15-6-4-5-7-16(15)23-20(28-19)18(27)13-8-10-14(22)11-9-13/h4-11,20,23H,2-3,12H2,1H3/t20-/m1/s1. The minimum atomic E-state index is -0.913. The number of nitrogens with one attached hydrogen (secondary N) is 1. The van der Waals surface area contributed by atoms with E-state index in [4.69, 9.17) is 4.74 Å². The second-order valence-corrected chi connectivity index (χ2v) is 8.49. The molecule has 0 fully saturated rings. The van der Waals surface area contributed by atoms with Crippen molar-refractivity contribution in [1.82, 2.24) is 15.2 Å². The van der Waals surface area contributed by atoms with Crippen LogP contribution in [0, 0.1) is 0 Å². The van der Waals surface area contributed by atoms with Gasteiger partial charge in [-0.1, -0.05) is 71.4 Å². The van der Waals surface area contributed by atoms with Gasteiger partial charge in [0.25, 0.3) is 0 Å². The first-order chi connectivity index (χ1) is 14.2. The number of carbonyl (C=O) groups excluding carboxylic acids is 1. The molecule has 0 bridgehead atoms. The van der Waals surface area contributed by atoms with E-state index in [-0.39, 0.29) is 5.78 Å². The topological polar surface area (TPSA) is 77.0 Å². The van der Waals surface area contributed by atoms with Crippen LogP contribution in [0.4, 0.5) is 5.69 Å². The van der Waals surface area contributed by atoms with Crippen LogP contribution in [0.25, 0.3) is 11.3 Å². The van der Waals surface area contributed by atoms with Gasteiger partial charge in [0.15, 0.2) is 5.69 Å². The van der Waals surface area contributed by atoms with Crippen molar-refractivity contribution in [3.8, 4) is 17.1 Å². The van der Waals surface area contributed by atoms with Crippen molar-refractivity contribution in [1.29, 1.82) is 0 Å². The lowest BCUT2D eigenvalue weighted by atomic mass is 10.1. The Balaban J connectivity index is 1.70. The zero-order valence-corrected chi connectivity index (χ0v) is 18.2. The van der Waals surface area contributed by atoms with Gasteiger partial charge in [-0.25, -0.2) is 0 Å². The summed E-state index contributed by atoms with van der Waals surface area (Å²) in [7, 11) is 0. The van der Waals surface area contributed by atoms with E-state index >= 15 is 0 Å². The van der Waals surface area contributed by atoms with Crippen molar-refractivity contribution in [2.24, 2.45) is 0 Å². The molecule has 1 aromatic heterocycles. The number of Topliss-reactive ketones (excluding diaryl/α,β-unsaturated/α-hetero) is 1. The van der Waals surface area contributed by atoms with Gasteiger partial charge >= 0.3 is 0 Å². The van der Waals surface area contributed by atoms with E-state index in [0.29, 0.717) is 22.3 Å². The summed E-state index contributed by atoms with van der Waals surface area (Å²) >= 11 is 4.93. The first kappa shape index (κ1) is 19.8. The van der Waals surface area contributed by atoms with E-state index in [9.17, 15) is 4.79 Å². The Morgan fingerprint density at radius 1 is 1.17 bits per heavy atom. The van der Waals surface area contributed by atoms with Crippen LogP contribution in [-0.2, 0) is 0 Å². The third-order valence-electron chi connectivity index (χ3n) is 4.43. The Labute approximate surface area is 181 Å². The molecule has 6 nitrogen and oxygen atoms in total. The lowest BCUT2D eigenvalue weighted by Crippen LogP contribution is -2.35. The Bertz CT molecular complexity index is 1030. The number of unbranched alkanes of at least 4 members (excludes halogenated alkanes) is 1. The van der Waals surface area contributed by atoms with E-state index in [0.717, 1.165) is 34.3 Å². The molecule has 2 heterocycles. The fourth-order valence-electron chi connectivity index (χ4n) is 2.90. The molecule has 2 aromatic carbocycles. The average molecular weight is 471 g/mol. The molecule has 0 amide bonds. The number of hydrogen-bond acceptors (Lipinski definition) is 7. The maximum atomic E-state index is 13.1. The van der Waals surface area contributed by atoms with Crippen molar-refractivity contribution in [3.63, 3.8) is 0 Å². The predicted molar refractivity (Wildman–Crippen MR) is 117 cm³/mol. The van der Waals surface area contributed by atoms with Gasteiger partial charge in [-0.15, -0.1) is 10.2 Å². The number of ketones is 1. The minimum Gasteiger partial charge on any atom is -0.444 e. The number of anilines is 1. The molecule has 4 rings (SSSR count). The van der Waals surface area contributed by atoms with Crippen LogP contribution >= 0.6 is 27.7 Å². The van der Waals surface area contributed by atoms with Crippen LogP contribution in [0.15, 0.2) is 58.2 Å². The molecule has 0 unspecified atom stereocenters. The molecule has 29 heavy (non-hydrogen) atoms. The number of fused-ring (bicyclic) bond motifs is 3. The molecule has 0 saturated carbocycles. The van der Waals surface area contributed by atoms with Gasteiger partial charge in [-0.05, 0) is 24.6 Å². The number of carbonyl (C=O) groups is 1. The smallest absolute Gasteiger partial charge is 0.247 e. The van der Waals surface area contributed by atoms with Crippen LogP contribution in [0.3, 0.4) is 0 Å². The monoisotopic (exact) mass is 470 g/mol. The van der Waals surface area contributed by atoms with E-state index in [1.54, 1.807) is 12.1 Å². The number of thioether (sulfide) groups is 1. The number of rotatable bonds is 6. The fraction of sp³-hybridized carbons (Fsp3) is 0.238. The van der Waals surface area contributed by atoms with Gasteiger partial charge in [0, 0.05) is 27.0 Å². The summed E-state index contributed by atoms with van der Waals surface area (Å²) in [5, 5.41) is 12.3. The zero-order valence-electron chi connectivity index (χ0n) is 15.8. The summed E-state index contributed by atoms with van der Waals surface area (Å²) in [6.45, 7) is 2.14. The van der Waals surface area contributed by atoms with Gasteiger partial charge in [0.1, 0.15) is 0 Å². The van der Waals surface area contributed by atoms with Crippen LogP contribution < -0.4 is 10.1 Å². The molecule has 0 aliphatic carbocycles. The number of benzene rings is 2. The Kier molecular flexibility index (Phi) is 6.10. The third kappa shape index (κ3) is 4.43. The second kappa shape index (κ2) is 8.92. The summed E-state index contributed by atoms with van der Waals surface area (Å²) in [4.78, 5) is 17.7. The number of aromatic nitrogens is 3. The van der Waals surface area contributed by atoms with Crippen molar-refractivity contribution in [2.45, 2.75) is 31.1 Å². The molecular formula is C21H19BrN4O2S. The van der Waals surface area contributed by atoms with Crippen LogP contribution in [0.5, 0.6) is 5.88 Å². The minimum absolute atomic E-state index is 0.182. The summed E-state index contributed by atoms with van der Waals surface area (Å²) in [6.07, 6.45) is 1.26. The lowest BCUT2D eigenvalue weighted by Gasteiger charge is -2.17. The number of nitrogens with zero attached hydrogens (tertiary/aromatic N) is 3. The van der Waals surface area contributed by atoms with Crippen LogP contribution in [0.1, 0.15) is 30.1 Å². The van der Waals surface area contributed by atoms with Crippen LogP contribution in [-0.4, -0.2) is 32.9 Å². The molecule has 1 N–H and O–H groups in total. The molecule has 0 radical (unpaired) electrons. The highest BCUT2D eigenvalue weighted by Gasteiger charge is 2.30. The highest BCUT2D eigenvalue weighted by atomic mass is 79.9. The van der Waals surface area contributed by atoms with Gasteiger partial charge in [-0.2, -0.15) is 4.98 Å². The van der Waals surface area contributed by atoms with Crippen molar-refractivity contribution < 1.29 is 9.53 Å². The molecule has 1 aliphatic heterocycles. The van der Waals surface area contributed by atoms with E-state index < -0.39 is 6.23 Å². The summed E-state index contributed by atoms with van der Waals surface area (Å²) in [5.41, 5.74) is 2.63. The molecular weight excluding hydrogens is 452 g/mol. The highest BCUT2D eigenvalue weighted by molar-refractivity contribution is 9.10. The number of ether oxygens (including phenoxy) is 1. The van der Waals surface area contributed by atoms with E-state index in [1.165, 1.54) is 11.8 Å². The molecule has 0 saturated heterocycles. The quantitative estimate of drug-likeness (QED) is 0.301. The molecule has 8 heteroatoms. The number of para-hydroxylation sites is 1. The molecule has 1 aliphatic rings. The first-order valence-corrected chi connectivity index (χ1v) is 11.1. The Morgan fingerprint density at radius 3 is 2.76 bits per heavy atom. The maximum Gasteiger partial charge on any atom is 0.247 e. The van der Waals surface area contributed by atoms with Gasteiger partial charge < -0.3 is 10.1 Å². The summed E-state index contributed by atoms with van der Waals surface area (Å²) < 4.78 is 6.94. The fourth-order valence-corrected chi connectivity index (χ4v) is 4.03. The summed E-state index contributed by atoms with van der Waals surface area (Å²) in [6, 6.07) is 14.8. The van der Waals surface area contributed by atoms with Crippen molar-refractivity contribution in [2.75, 3.05) is 11.1 Å². The van der Waals surface area contributed by atoms with Crippen molar-refractivity contribution in [3.05, 3.63) is 58.6 Å². The lowest BCUT2D eigenvalue weighted by molar-refractivity contribution is 0.0823. The normalized spacial score (nSPS) is 14.8. The predicted octanol–water partition coefficient (Wildman–Crippen LogP) is 5.21. The van der Waals surface area contributed by atoms with Gasteiger partial charge in [0.2, 0.25) is 23.0 Å². The zero-order chi connectivity index (χ0) is 20.2. The number of halogens is 1. The van der Waals surface area contributed by atoms with E-state index in [2.05, 4.69) is 43.4 Å². The SMILES string of the molecule is CCCCSc1nnc2c(n1)O[C@H](C(=O)c1ccc(Br)cc1)Nc1ccccc1-2. The van der Waals surface area contributed by atoms with Crippen LogP contribution in [0.2, 0.25) is 0 Å². The Hall–Kier alpha value is -2.45. The highest BCUT2D eigenvalue weighted by Crippen LogP contribution is 2.36. The van der Waals surface area contributed by atoms with Gasteiger partial charge in [0.05, 0.1) is 0 Å². The number of hydrogen-bond donors (Lipinski definition) is 1. The molecule has 0 spiro atoms. The largest absolute Gasteiger partial charge is 0.444 e. The van der Waals surface area contributed by atoms with Gasteiger partial charge in [-0.3, -0.25) is 4.79 Å². The first-order valence-electron chi connectivity index (χ1n) is 9.35. The van der Waals surface area contributed by atoms with E-state index in [1.807, 2.05) is 36.4 Å². The average Bonchev–Trinajstić information content (AvgIpc) is 2.90.